The van der Waals surface area contributed by atoms with Gasteiger partial charge in [0.25, 0.3) is 5.91 Å². The van der Waals surface area contributed by atoms with E-state index in [1.54, 1.807) is 45.8 Å². The second kappa shape index (κ2) is 10.6. The molecule has 4 aliphatic heterocycles. The Morgan fingerprint density at radius 2 is 1.66 bits per heavy atom. The molecule has 1 N–H and O–H groups in total. The van der Waals surface area contributed by atoms with E-state index >= 15 is 0 Å². The van der Waals surface area contributed by atoms with E-state index < -0.39 is 33.4 Å². The second-order valence-electron chi connectivity index (χ2n) is 11.4. The zero-order chi connectivity index (χ0) is 28.9. The molecule has 0 bridgehead atoms. The lowest BCUT2D eigenvalue weighted by Crippen LogP contribution is -2.56. The van der Waals surface area contributed by atoms with Crippen LogP contribution in [0.25, 0.3) is 0 Å². The Morgan fingerprint density at radius 1 is 0.951 bits per heavy atom. The predicted octanol–water partition coefficient (Wildman–Crippen LogP) is 4.30. The Morgan fingerprint density at radius 3 is 2.34 bits per heavy atom. The highest BCUT2D eigenvalue weighted by molar-refractivity contribution is 8.02. The van der Waals surface area contributed by atoms with Crippen molar-refractivity contribution >= 4 is 46.8 Å². The molecule has 1 spiro atoms. The number of amides is 3. The molecule has 4 heterocycles. The van der Waals surface area contributed by atoms with Crippen molar-refractivity contribution in [2.75, 3.05) is 24.6 Å². The minimum absolute atomic E-state index is 0.0821. The van der Waals surface area contributed by atoms with Crippen molar-refractivity contribution in [2.24, 2.45) is 11.8 Å². The molecule has 0 aliphatic carbocycles. The van der Waals surface area contributed by atoms with Gasteiger partial charge in [0.05, 0.1) is 29.2 Å². The molecule has 0 radical (unpaired) electrons. The first-order valence-corrected chi connectivity index (χ1v) is 15.3. The van der Waals surface area contributed by atoms with E-state index in [4.69, 9.17) is 11.6 Å². The van der Waals surface area contributed by atoms with Gasteiger partial charge < -0.3 is 19.8 Å². The number of benzene rings is 2. The van der Waals surface area contributed by atoms with Gasteiger partial charge in [-0.2, -0.15) is 0 Å². The lowest BCUT2D eigenvalue weighted by atomic mass is 9.74. The molecule has 2 aromatic carbocycles. The van der Waals surface area contributed by atoms with Crippen molar-refractivity contribution in [1.82, 2.24) is 9.80 Å². The standard InChI is InChI=1S/C32H34ClN3O4S/c1-3-23(20-37)36-27-30(40)35(24-13-11-22(33)12-14-24)18-8-16-32(27)26(29(36)39)25-28(38)34(17-7-15-31(25,2)41-32)19-21-9-5-4-6-10-21/h4-16,23,25-27,37H,3,17-20H2,1-2H3/t23-,25-,26-,27?,31+,32-/m0/s1. The van der Waals surface area contributed by atoms with E-state index in [1.165, 1.54) is 0 Å². The Kier molecular flexibility index (Phi) is 7.29. The Hall–Kier alpha value is -3.07. The van der Waals surface area contributed by atoms with E-state index in [9.17, 15) is 19.5 Å². The van der Waals surface area contributed by atoms with Crippen molar-refractivity contribution in [3.63, 3.8) is 0 Å². The summed E-state index contributed by atoms with van der Waals surface area (Å²) in [5.74, 6) is -1.95. The van der Waals surface area contributed by atoms with Gasteiger partial charge in [-0.1, -0.05) is 73.2 Å². The van der Waals surface area contributed by atoms with Crippen LogP contribution in [0.3, 0.4) is 0 Å². The molecule has 2 fully saturated rings. The van der Waals surface area contributed by atoms with Crippen molar-refractivity contribution < 1.29 is 19.5 Å². The van der Waals surface area contributed by atoms with Crippen molar-refractivity contribution in [1.29, 1.82) is 0 Å². The van der Waals surface area contributed by atoms with Crippen molar-refractivity contribution in [2.45, 2.75) is 48.4 Å². The number of likely N-dealkylation sites (tertiary alicyclic amines) is 1. The molecular weight excluding hydrogens is 558 g/mol. The molecule has 41 heavy (non-hydrogen) atoms. The number of thioether (sulfide) groups is 1. The number of hydrogen-bond acceptors (Lipinski definition) is 5. The molecule has 1 unspecified atom stereocenters. The molecule has 0 aromatic heterocycles. The van der Waals surface area contributed by atoms with Gasteiger partial charge >= 0.3 is 0 Å². The molecule has 2 saturated heterocycles. The Labute approximate surface area is 249 Å². The van der Waals surface area contributed by atoms with Gasteiger partial charge in [-0.15, -0.1) is 11.8 Å². The fourth-order valence-corrected chi connectivity index (χ4v) is 9.39. The summed E-state index contributed by atoms with van der Waals surface area (Å²) in [6.07, 6.45) is 8.53. The number of rotatable bonds is 6. The molecule has 3 amide bonds. The number of fused-ring (bicyclic) bond motifs is 2. The van der Waals surface area contributed by atoms with Crippen LogP contribution in [-0.2, 0) is 20.9 Å². The van der Waals surface area contributed by atoms with Crippen LogP contribution in [0, 0.1) is 11.8 Å². The van der Waals surface area contributed by atoms with Crippen LogP contribution in [-0.4, -0.2) is 73.9 Å². The van der Waals surface area contributed by atoms with Crippen LogP contribution in [0.15, 0.2) is 78.9 Å². The number of aliphatic hydroxyl groups excluding tert-OH is 1. The number of carbonyl (C=O) groups is 3. The molecule has 0 saturated carbocycles. The number of hydrogen-bond donors (Lipinski definition) is 1. The van der Waals surface area contributed by atoms with Crippen molar-refractivity contribution in [3.05, 3.63) is 89.5 Å². The quantitative estimate of drug-likeness (QED) is 0.507. The summed E-state index contributed by atoms with van der Waals surface area (Å²) in [6.45, 7) is 4.88. The van der Waals surface area contributed by atoms with E-state index in [0.717, 1.165) is 5.56 Å². The Balaban J connectivity index is 1.45. The summed E-state index contributed by atoms with van der Waals surface area (Å²) in [4.78, 5) is 48.6. The summed E-state index contributed by atoms with van der Waals surface area (Å²) in [5, 5.41) is 10.9. The van der Waals surface area contributed by atoms with Crippen molar-refractivity contribution in [3.8, 4) is 0 Å². The van der Waals surface area contributed by atoms with Gasteiger partial charge in [-0.05, 0) is 43.2 Å². The zero-order valence-corrected chi connectivity index (χ0v) is 24.7. The minimum atomic E-state index is -0.965. The first-order chi connectivity index (χ1) is 19.7. The summed E-state index contributed by atoms with van der Waals surface area (Å²) < 4.78 is -1.65. The van der Waals surface area contributed by atoms with E-state index in [1.807, 2.05) is 67.3 Å². The average Bonchev–Trinajstić information content (AvgIpc) is 3.24. The number of aliphatic hydroxyl groups is 1. The van der Waals surface area contributed by atoms with Crippen LogP contribution < -0.4 is 4.90 Å². The molecule has 214 valence electrons. The van der Waals surface area contributed by atoms with E-state index in [0.29, 0.717) is 36.8 Å². The zero-order valence-electron chi connectivity index (χ0n) is 23.2. The van der Waals surface area contributed by atoms with Gasteiger partial charge in [-0.3, -0.25) is 14.4 Å². The van der Waals surface area contributed by atoms with Crippen LogP contribution >= 0.6 is 23.4 Å². The highest BCUT2D eigenvalue weighted by atomic mass is 35.5. The number of carbonyl (C=O) groups excluding carboxylic acids is 3. The fraction of sp³-hybridized carbons (Fsp3) is 0.406. The number of anilines is 1. The Bertz CT molecular complexity index is 1410. The topological polar surface area (TPSA) is 81.2 Å². The third kappa shape index (κ3) is 4.42. The monoisotopic (exact) mass is 591 g/mol. The second-order valence-corrected chi connectivity index (χ2v) is 13.6. The summed E-state index contributed by atoms with van der Waals surface area (Å²) in [7, 11) is 0. The molecular formula is C32H34ClN3O4S. The molecule has 9 heteroatoms. The number of halogens is 1. The summed E-state index contributed by atoms with van der Waals surface area (Å²) in [6, 6.07) is 15.5. The maximum atomic E-state index is 14.6. The normalized spacial score (nSPS) is 31.6. The van der Waals surface area contributed by atoms with Gasteiger partial charge in [0, 0.05) is 35.1 Å². The predicted molar refractivity (Wildman–Crippen MR) is 161 cm³/mol. The van der Waals surface area contributed by atoms with Gasteiger partial charge in [0.15, 0.2) is 0 Å². The smallest absolute Gasteiger partial charge is 0.251 e. The first kappa shape index (κ1) is 28.1. The van der Waals surface area contributed by atoms with Gasteiger partial charge in [0.2, 0.25) is 11.8 Å². The lowest BCUT2D eigenvalue weighted by molar-refractivity contribution is -0.145. The number of nitrogens with zero attached hydrogens (tertiary/aromatic N) is 3. The minimum Gasteiger partial charge on any atom is -0.394 e. The van der Waals surface area contributed by atoms with E-state index in [2.05, 4.69) is 6.08 Å². The summed E-state index contributed by atoms with van der Waals surface area (Å²) >= 11 is 7.69. The largest absolute Gasteiger partial charge is 0.394 e. The molecule has 6 rings (SSSR count). The first-order valence-electron chi connectivity index (χ1n) is 14.1. The fourth-order valence-electron chi connectivity index (χ4n) is 7.12. The summed E-state index contributed by atoms with van der Waals surface area (Å²) in [5.41, 5.74) is 1.70. The van der Waals surface area contributed by atoms with E-state index in [-0.39, 0.29) is 24.3 Å². The molecule has 6 atom stereocenters. The average molecular weight is 592 g/mol. The third-order valence-corrected chi connectivity index (χ3v) is 11.1. The third-order valence-electron chi connectivity index (χ3n) is 9.01. The lowest BCUT2D eigenvalue weighted by Gasteiger charge is -2.39. The van der Waals surface area contributed by atoms with Crippen LogP contribution in [0.5, 0.6) is 0 Å². The maximum absolute atomic E-state index is 14.6. The van der Waals surface area contributed by atoms with Gasteiger partial charge in [-0.25, -0.2) is 0 Å². The van der Waals surface area contributed by atoms with Crippen LogP contribution in [0.1, 0.15) is 25.8 Å². The SMILES string of the molecule is CC[C@@H](CO)N1C(=O)[C@@H]2[C@H]3C(=O)N(Cc4ccccc4)CC=C[C@@]3(C)S[C@@]23C=CCN(c2ccc(Cl)cc2)C(=O)C13. The highest BCUT2D eigenvalue weighted by Crippen LogP contribution is 2.66. The molecule has 7 nitrogen and oxygen atoms in total. The molecule has 2 aromatic rings. The van der Waals surface area contributed by atoms with Gasteiger partial charge in [0.1, 0.15) is 6.04 Å². The maximum Gasteiger partial charge on any atom is 0.251 e. The van der Waals surface area contributed by atoms with Crippen LogP contribution in [0.2, 0.25) is 5.02 Å². The van der Waals surface area contributed by atoms with Crippen LogP contribution in [0.4, 0.5) is 5.69 Å². The highest BCUT2D eigenvalue weighted by Gasteiger charge is 2.74. The molecule has 4 aliphatic rings.